The molecule has 148 heavy (non-hydrogen) atoms. The number of methoxy groups -OCH3 is 1. The number of fused-ring (bicyclic) bond motifs is 10. The van der Waals surface area contributed by atoms with Crippen LogP contribution in [-0.2, 0) is 65.9 Å². The molecule has 756 valence electrons. The summed E-state index contributed by atoms with van der Waals surface area (Å²) < 4.78 is 23.9. The lowest BCUT2D eigenvalue weighted by Crippen LogP contribution is -2.42. The largest absolute Gasteiger partial charge is 0.494 e. The molecule has 6 aliphatic heterocycles. The van der Waals surface area contributed by atoms with Crippen LogP contribution in [0.1, 0.15) is 132 Å². The van der Waals surface area contributed by atoms with Gasteiger partial charge in [-0.2, -0.15) is 4.98 Å². The summed E-state index contributed by atoms with van der Waals surface area (Å²) in [6.45, 7) is 37.9. The number of benzene rings is 10. The number of nitrogen functional groups attached to an aromatic ring is 1. The van der Waals surface area contributed by atoms with E-state index in [0.29, 0.717) is 124 Å². The van der Waals surface area contributed by atoms with E-state index < -0.39 is 11.2 Å². The van der Waals surface area contributed by atoms with Crippen molar-refractivity contribution in [2.75, 3.05) is 78.4 Å². The van der Waals surface area contributed by atoms with E-state index >= 15 is 0 Å². The van der Waals surface area contributed by atoms with Crippen LogP contribution in [0.5, 0.6) is 11.5 Å². The summed E-state index contributed by atoms with van der Waals surface area (Å²) in [7, 11) is 1.65. The summed E-state index contributed by atoms with van der Waals surface area (Å²) in [5.41, 5.74) is 28.7. The van der Waals surface area contributed by atoms with Crippen LogP contribution >= 0.6 is 0 Å². The Balaban J connectivity index is 0.000000132. The molecule has 32 heteroatoms. The molecule has 0 aliphatic carbocycles. The normalized spacial score (nSPS) is 12.0. The average Bonchev–Trinajstić information content (AvgIpc) is 0.755. The number of rotatable bonds is 30. The molecule has 0 fully saturated rings. The molecule has 10 heterocycles. The molecule has 0 radical (unpaired) electrons. The van der Waals surface area contributed by atoms with Gasteiger partial charge < -0.3 is 68.8 Å². The Morgan fingerprint density at radius 2 is 0.743 bits per heavy atom. The van der Waals surface area contributed by atoms with Crippen molar-refractivity contribution < 1.29 is 23.7 Å². The number of nitrogens with zero attached hydrogens (tertiary/aromatic N) is 15. The van der Waals surface area contributed by atoms with Gasteiger partial charge in [0.25, 0.3) is 27.8 Å². The third-order valence-corrected chi connectivity index (χ3v) is 25.7. The molecule has 32 nitrogen and oxygen atoms in total. The SMILES string of the molecule is C=c1nc2c(c(=O)[nH]1)=Nc1cc(C)c(CCC)cc1N2CCCc1ccccc1.C=c1nc2c(c(=O)[nH]1)=Nc1cc(C)c(COC(C)=O)cc1N2CCCc1ccccc1.C=c1nc2c(c(=O)[nH]1)=Nc1cc(C)c(OCC)cc1N2CCCc1ccccc1.C=c1nc2c(c(=O)[nH]1)=Nc1cc(C)c(OCCOC)cc1N2CCCc1ccccc1.Cc1ccc(CCCn2c3nc(=O)[nH]c(=O)c-3nc3cc(C)c(N)cc32)cc1. The second kappa shape index (κ2) is 47.5. The Bertz CT molecular complexity index is 8290. The Morgan fingerprint density at radius 3 is 1.13 bits per heavy atom. The maximum Gasteiger partial charge on any atom is 0.349 e. The third-order valence-electron chi connectivity index (χ3n) is 25.7. The average molecular weight is 1990 g/mol. The second-order valence-corrected chi connectivity index (χ2v) is 36.8. The van der Waals surface area contributed by atoms with Gasteiger partial charge in [-0.1, -0.05) is 191 Å². The minimum Gasteiger partial charge on any atom is -0.494 e. The molecular weight excluding hydrogens is 1860 g/mol. The van der Waals surface area contributed by atoms with Crippen molar-refractivity contribution in [3.8, 4) is 23.0 Å². The number of carbonyl (C=O) groups is 1. The van der Waals surface area contributed by atoms with Gasteiger partial charge in [0.1, 0.15) is 46.6 Å². The van der Waals surface area contributed by atoms with Gasteiger partial charge in [-0.3, -0.25) is 33.8 Å². The molecule has 20 rings (SSSR count). The van der Waals surface area contributed by atoms with Crippen LogP contribution in [-0.4, -0.2) is 118 Å². The first-order valence-electron chi connectivity index (χ1n) is 49.7. The molecule has 0 spiro atoms. The number of ether oxygens (including phenoxy) is 4. The minimum absolute atomic E-state index is 0.159. The molecule has 0 amide bonds. The number of nitrogens with two attached hydrogens (primary N) is 1. The van der Waals surface area contributed by atoms with Crippen molar-refractivity contribution in [1.82, 2.24) is 59.4 Å². The van der Waals surface area contributed by atoms with Gasteiger partial charge in [-0.05, 0) is 234 Å². The number of esters is 1. The standard InChI is InChI=1S/C24H24N4O3.C24H26N4O3.C24H26N4O.C23H24N4O2.C21H21N5O2/c1-15-12-20-21(13-19(15)14-31-17(3)29)28(11-7-10-18-8-5-4-6-9-18)23-22(27-20)24(30)26-16(2)25-23;1-16-14-19-20(15-21(16)31-13-12-30-3)28(11-7-10-18-8-5-4-6-9-18)23-22(27-19)24(29)26-17(2)25-23;1-4-9-19-15-21-20(14-16(19)2)27-22-23(25-17(3)26-24(22)29)28(21)13-8-12-18-10-6-5-7-11-18;1-4-29-20-14-19-18(13-15(20)2)26-21-22(24-16(3)25-23(21)28)27(19)12-8-11-17-9-6-5-7-10-17;1-12-5-7-14(8-6-12)4-3-9-26-17-11-15(22)13(2)10-16(17)23-18-19(26)24-21(28)25-20(18)27/h4-6,8-9,12-13H,2,7,10-11,14H2,1,3H3,(H,26,30);4-6,8-9,14-15H,2,7,10-13H2,1,3H3,(H,26,29);5-7,10-11,14-15H,3-4,8-9,12-13H2,1-2H3,(H,26,29);5-7,9-10,13-14H,3-4,8,11-12H2,1-2H3,(H,25,28);5-8,10-11H,3-4,9,22H2,1-2H3,(H,25,27,28). The molecule has 0 saturated heterocycles. The van der Waals surface area contributed by atoms with Gasteiger partial charge in [0.05, 0.1) is 69.7 Å². The monoisotopic (exact) mass is 1980 g/mol. The molecule has 10 aromatic carbocycles. The highest BCUT2D eigenvalue weighted by Gasteiger charge is 2.31. The van der Waals surface area contributed by atoms with Crippen molar-refractivity contribution >= 4 is 118 Å². The van der Waals surface area contributed by atoms with Crippen molar-refractivity contribution in [3.63, 3.8) is 0 Å². The molecule has 0 atom stereocenters. The first-order valence-corrected chi connectivity index (χ1v) is 49.7. The van der Waals surface area contributed by atoms with E-state index in [0.717, 1.165) is 168 Å². The lowest BCUT2D eigenvalue weighted by Gasteiger charge is -2.29. The van der Waals surface area contributed by atoms with E-state index in [1.807, 2.05) is 158 Å². The van der Waals surface area contributed by atoms with Gasteiger partial charge in [-0.25, -0.2) is 49.7 Å². The van der Waals surface area contributed by atoms with Gasteiger partial charge in [-0.15, -0.1) is 0 Å². The summed E-state index contributed by atoms with van der Waals surface area (Å²) in [5.74, 6) is 3.71. The third kappa shape index (κ3) is 24.8. The zero-order chi connectivity index (χ0) is 104. The molecular formula is C116H121N21O11. The fourth-order valence-electron chi connectivity index (χ4n) is 18.3. The van der Waals surface area contributed by atoms with Crippen LogP contribution in [0, 0.1) is 41.5 Å². The lowest BCUT2D eigenvalue weighted by atomic mass is 10.0. The maximum absolute atomic E-state index is 12.6. The number of anilines is 9. The zero-order valence-corrected chi connectivity index (χ0v) is 85.1. The Hall–Kier alpha value is -17.3. The quantitative estimate of drug-likeness (QED) is 0.0105. The van der Waals surface area contributed by atoms with Crippen LogP contribution in [0.3, 0.4) is 0 Å². The Labute approximate surface area is 854 Å². The lowest BCUT2D eigenvalue weighted by molar-refractivity contribution is -0.142. The highest BCUT2D eigenvalue weighted by atomic mass is 16.5. The zero-order valence-electron chi connectivity index (χ0n) is 85.1. The topological polar surface area (TPSA) is 406 Å². The predicted octanol–water partition coefficient (Wildman–Crippen LogP) is 14.0. The summed E-state index contributed by atoms with van der Waals surface area (Å²) in [5, 5.41) is 1.29. The van der Waals surface area contributed by atoms with Crippen LogP contribution in [0.4, 0.5) is 74.5 Å². The first-order chi connectivity index (χ1) is 71.5. The fourth-order valence-corrected chi connectivity index (χ4v) is 18.3. The smallest absolute Gasteiger partial charge is 0.349 e. The second-order valence-electron chi connectivity index (χ2n) is 36.8. The molecule has 6 aliphatic rings. The van der Waals surface area contributed by atoms with Crippen molar-refractivity contribution in [2.24, 2.45) is 20.0 Å². The first kappa shape index (κ1) is 104. The van der Waals surface area contributed by atoms with Gasteiger partial charge in [0.15, 0.2) is 56.2 Å². The van der Waals surface area contributed by atoms with Crippen LogP contribution in [0.15, 0.2) is 255 Å². The Kier molecular flexibility index (Phi) is 33.2. The van der Waals surface area contributed by atoms with E-state index in [2.05, 4.69) is 229 Å². The van der Waals surface area contributed by atoms with Crippen LogP contribution in [0.2, 0.25) is 0 Å². The Morgan fingerprint density at radius 1 is 0.378 bits per heavy atom. The summed E-state index contributed by atoms with van der Waals surface area (Å²) in [4.78, 5) is 152. The van der Waals surface area contributed by atoms with Crippen LogP contribution < -0.4 is 112 Å². The fraction of sp³-hybridized carbons (Fsp3) is 0.267. The van der Waals surface area contributed by atoms with Crippen molar-refractivity contribution in [2.45, 2.75) is 153 Å². The highest BCUT2D eigenvalue weighted by molar-refractivity contribution is 5.85. The van der Waals surface area contributed by atoms with Crippen LogP contribution in [0.25, 0.3) is 48.9 Å². The van der Waals surface area contributed by atoms with E-state index in [4.69, 9.17) is 24.7 Å². The number of hydrogen-bond acceptors (Lipinski definition) is 26. The van der Waals surface area contributed by atoms with E-state index in [1.54, 1.807) is 7.11 Å². The van der Waals surface area contributed by atoms with Crippen molar-refractivity contribution in [3.05, 3.63) is 384 Å². The predicted molar refractivity (Wildman–Crippen MR) is 583 cm³/mol. The minimum atomic E-state index is -0.675. The summed E-state index contributed by atoms with van der Waals surface area (Å²) in [6, 6.07) is 69.6. The highest BCUT2D eigenvalue weighted by Crippen LogP contribution is 2.44. The molecule has 4 aromatic heterocycles. The van der Waals surface area contributed by atoms with Crippen molar-refractivity contribution in [1.29, 1.82) is 0 Å². The number of hydrogen-bond donors (Lipinski definition) is 6. The van der Waals surface area contributed by atoms with E-state index in [9.17, 15) is 33.6 Å². The van der Waals surface area contributed by atoms with Gasteiger partial charge in [0.2, 0.25) is 0 Å². The molecule has 0 saturated carbocycles. The number of H-pyrrole nitrogens is 5. The number of aromatic amines is 5. The summed E-state index contributed by atoms with van der Waals surface area (Å²) >= 11 is 0. The van der Waals surface area contributed by atoms with Gasteiger partial charge >= 0.3 is 11.7 Å². The number of nitrogens with one attached hydrogen (secondary N) is 5. The van der Waals surface area contributed by atoms with E-state index in [-0.39, 0.29) is 51.7 Å². The van der Waals surface area contributed by atoms with Gasteiger partial charge in [0, 0.05) is 64.6 Å². The molecule has 0 bridgehead atoms. The molecule has 14 aromatic rings. The number of aromatic nitrogens is 12. The summed E-state index contributed by atoms with van der Waals surface area (Å²) in [6.07, 6.45) is 11.1. The van der Waals surface area contributed by atoms with E-state index in [1.165, 1.54) is 51.4 Å². The maximum atomic E-state index is 12.6. The molecule has 7 N–H and O–H groups in total. The number of aryl methyl sites for hydroxylation is 13. The number of carbonyl (C=O) groups excluding carboxylic acids is 1. The molecule has 0 unspecified atom stereocenters.